The summed E-state index contributed by atoms with van der Waals surface area (Å²) in [5.41, 5.74) is 0.613. The van der Waals surface area contributed by atoms with Crippen LogP contribution in [-0.4, -0.2) is 54.8 Å². The highest BCUT2D eigenvalue weighted by molar-refractivity contribution is 9.10. The predicted octanol–water partition coefficient (Wildman–Crippen LogP) is 1.16. The molecule has 1 aromatic carbocycles. The summed E-state index contributed by atoms with van der Waals surface area (Å²) in [5.74, 6) is -1.05. The molecule has 0 bridgehead atoms. The number of hydrogen-bond donors (Lipinski definition) is 1. The zero-order chi connectivity index (χ0) is 13.8. The van der Waals surface area contributed by atoms with E-state index in [0.29, 0.717) is 18.8 Å². The van der Waals surface area contributed by atoms with Crippen molar-refractivity contribution in [2.45, 2.75) is 0 Å². The number of likely N-dealkylation sites (N-methyl/N-ethyl adjacent to an activating group) is 1. The van der Waals surface area contributed by atoms with Crippen molar-refractivity contribution >= 4 is 33.4 Å². The molecular formula is C13H16BrN3O2. The number of halogens is 1. The second kappa shape index (κ2) is 6.16. The lowest BCUT2D eigenvalue weighted by Gasteiger charge is -2.31. The number of rotatable bonds is 1. The number of benzene rings is 1. The topological polar surface area (TPSA) is 52.7 Å². The predicted molar refractivity (Wildman–Crippen MR) is 76.8 cm³/mol. The van der Waals surface area contributed by atoms with Gasteiger partial charge in [0.25, 0.3) is 0 Å². The van der Waals surface area contributed by atoms with Crippen LogP contribution in [0.25, 0.3) is 0 Å². The van der Waals surface area contributed by atoms with Crippen molar-refractivity contribution in [3.8, 4) is 0 Å². The minimum absolute atomic E-state index is 0.465. The molecule has 0 saturated carbocycles. The molecule has 2 amide bonds. The normalized spacial score (nSPS) is 16.2. The average Bonchev–Trinajstić information content (AvgIpc) is 2.39. The maximum absolute atomic E-state index is 12.0. The molecule has 19 heavy (non-hydrogen) atoms. The second-order valence-corrected chi connectivity index (χ2v) is 5.48. The fraction of sp³-hybridized carbons (Fsp3) is 0.385. The van der Waals surface area contributed by atoms with Crippen LogP contribution in [0.15, 0.2) is 28.7 Å². The molecule has 0 spiro atoms. The monoisotopic (exact) mass is 325 g/mol. The summed E-state index contributed by atoms with van der Waals surface area (Å²) < 4.78 is 0.859. The van der Waals surface area contributed by atoms with Crippen LogP contribution >= 0.6 is 15.9 Å². The fourth-order valence-electron chi connectivity index (χ4n) is 1.90. The first-order chi connectivity index (χ1) is 9.06. The van der Waals surface area contributed by atoms with E-state index in [1.165, 1.54) is 0 Å². The largest absolute Gasteiger partial charge is 0.332 e. The van der Waals surface area contributed by atoms with Gasteiger partial charge in [-0.25, -0.2) is 0 Å². The van der Waals surface area contributed by atoms with E-state index in [1.54, 1.807) is 23.1 Å². The maximum Gasteiger partial charge on any atom is 0.313 e. The molecule has 102 valence electrons. The van der Waals surface area contributed by atoms with Crippen molar-refractivity contribution in [2.75, 3.05) is 38.5 Å². The van der Waals surface area contributed by atoms with Crippen molar-refractivity contribution in [1.82, 2.24) is 9.80 Å². The first-order valence-electron chi connectivity index (χ1n) is 6.10. The van der Waals surface area contributed by atoms with Crippen LogP contribution in [0.5, 0.6) is 0 Å². The van der Waals surface area contributed by atoms with E-state index in [4.69, 9.17) is 0 Å². The molecule has 0 unspecified atom stereocenters. The first-order valence-corrected chi connectivity index (χ1v) is 6.90. The van der Waals surface area contributed by atoms with E-state index in [2.05, 4.69) is 26.1 Å². The quantitative estimate of drug-likeness (QED) is 0.788. The molecule has 2 rings (SSSR count). The molecule has 0 aromatic heterocycles. The number of carbonyl (C=O) groups is 2. The Morgan fingerprint density at radius 1 is 1.21 bits per heavy atom. The number of amides is 2. The summed E-state index contributed by atoms with van der Waals surface area (Å²) in [6.07, 6.45) is 0. The van der Waals surface area contributed by atoms with Gasteiger partial charge in [-0.3, -0.25) is 9.59 Å². The Labute approximate surface area is 120 Å². The van der Waals surface area contributed by atoms with Crippen LogP contribution in [0.4, 0.5) is 5.69 Å². The molecule has 1 heterocycles. The Bertz CT molecular complexity index is 485. The van der Waals surface area contributed by atoms with Crippen molar-refractivity contribution < 1.29 is 9.59 Å². The highest BCUT2D eigenvalue weighted by Gasteiger charge is 2.24. The van der Waals surface area contributed by atoms with Crippen molar-refractivity contribution in [1.29, 1.82) is 0 Å². The van der Waals surface area contributed by atoms with E-state index in [9.17, 15) is 9.59 Å². The lowest BCUT2D eigenvalue weighted by Crippen LogP contribution is -2.50. The van der Waals surface area contributed by atoms with Gasteiger partial charge in [-0.05, 0) is 25.2 Å². The minimum Gasteiger partial charge on any atom is -0.332 e. The molecule has 0 atom stereocenters. The number of anilines is 1. The number of nitrogens with zero attached hydrogens (tertiary/aromatic N) is 2. The number of carbonyl (C=O) groups excluding carboxylic acids is 2. The maximum atomic E-state index is 12.0. The van der Waals surface area contributed by atoms with E-state index in [0.717, 1.165) is 17.6 Å². The molecule has 1 N–H and O–H groups in total. The van der Waals surface area contributed by atoms with Crippen LogP contribution in [0.3, 0.4) is 0 Å². The van der Waals surface area contributed by atoms with E-state index < -0.39 is 11.8 Å². The number of nitrogens with one attached hydrogen (secondary N) is 1. The van der Waals surface area contributed by atoms with Gasteiger partial charge >= 0.3 is 11.8 Å². The molecular weight excluding hydrogens is 310 g/mol. The highest BCUT2D eigenvalue weighted by atomic mass is 79.9. The van der Waals surface area contributed by atoms with Crippen molar-refractivity contribution in [2.24, 2.45) is 0 Å². The van der Waals surface area contributed by atoms with E-state index in [1.807, 2.05) is 13.1 Å². The fourth-order valence-corrected chi connectivity index (χ4v) is 2.30. The highest BCUT2D eigenvalue weighted by Crippen LogP contribution is 2.15. The molecule has 1 aromatic rings. The van der Waals surface area contributed by atoms with Crippen LogP contribution in [0.2, 0.25) is 0 Å². The molecule has 1 aliphatic heterocycles. The second-order valence-electron chi connectivity index (χ2n) is 4.56. The van der Waals surface area contributed by atoms with Gasteiger partial charge in [0.15, 0.2) is 0 Å². The van der Waals surface area contributed by atoms with Gasteiger partial charge in [0.1, 0.15) is 0 Å². The van der Waals surface area contributed by atoms with Crippen molar-refractivity contribution in [3.05, 3.63) is 28.7 Å². The Kier molecular flexibility index (Phi) is 4.55. The summed E-state index contributed by atoms with van der Waals surface area (Å²) in [4.78, 5) is 27.6. The summed E-state index contributed by atoms with van der Waals surface area (Å²) in [5, 5.41) is 2.62. The van der Waals surface area contributed by atoms with Gasteiger partial charge in [-0.1, -0.05) is 22.0 Å². The SMILES string of the molecule is CN1CCN(C(=O)C(=O)Nc2cccc(Br)c2)CC1. The van der Waals surface area contributed by atoms with Crippen LogP contribution in [0, 0.1) is 0 Å². The van der Waals surface area contributed by atoms with E-state index in [-0.39, 0.29) is 0 Å². The van der Waals surface area contributed by atoms with Crippen LogP contribution in [-0.2, 0) is 9.59 Å². The lowest BCUT2D eigenvalue weighted by molar-refractivity contribution is -0.144. The molecule has 5 nitrogen and oxygen atoms in total. The third-order valence-electron chi connectivity index (χ3n) is 3.07. The van der Waals surface area contributed by atoms with Gasteiger partial charge in [-0.15, -0.1) is 0 Å². The molecule has 0 radical (unpaired) electrons. The third kappa shape index (κ3) is 3.78. The van der Waals surface area contributed by atoms with Gasteiger partial charge in [0.05, 0.1) is 0 Å². The number of piperazine rings is 1. The Balaban J connectivity index is 1.94. The summed E-state index contributed by atoms with van der Waals surface area (Å²) in [7, 11) is 2.00. The Morgan fingerprint density at radius 3 is 2.53 bits per heavy atom. The van der Waals surface area contributed by atoms with Crippen LogP contribution < -0.4 is 5.32 Å². The molecule has 6 heteroatoms. The smallest absolute Gasteiger partial charge is 0.313 e. The first kappa shape index (κ1) is 14.0. The summed E-state index contributed by atoms with van der Waals surface area (Å²) in [6.45, 7) is 2.80. The van der Waals surface area contributed by atoms with E-state index >= 15 is 0 Å². The van der Waals surface area contributed by atoms with Gasteiger partial charge in [0, 0.05) is 36.3 Å². The van der Waals surface area contributed by atoms with Gasteiger partial charge < -0.3 is 15.1 Å². The average molecular weight is 326 g/mol. The van der Waals surface area contributed by atoms with Crippen molar-refractivity contribution in [3.63, 3.8) is 0 Å². The lowest BCUT2D eigenvalue weighted by atomic mass is 10.3. The standard InChI is InChI=1S/C13H16BrN3O2/c1-16-5-7-17(8-6-16)13(19)12(18)15-11-4-2-3-10(14)9-11/h2-4,9H,5-8H2,1H3,(H,15,18). The molecule has 1 fully saturated rings. The summed E-state index contributed by atoms with van der Waals surface area (Å²) >= 11 is 3.32. The summed E-state index contributed by atoms with van der Waals surface area (Å²) in [6, 6.07) is 7.17. The number of hydrogen-bond acceptors (Lipinski definition) is 3. The third-order valence-corrected chi connectivity index (χ3v) is 3.56. The van der Waals surface area contributed by atoms with Crippen LogP contribution in [0.1, 0.15) is 0 Å². The Hall–Kier alpha value is -1.40. The van der Waals surface area contributed by atoms with Gasteiger partial charge in [0.2, 0.25) is 0 Å². The van der Waals surface area contributed by atoms with Gasteiger partial charge in [-0.2, -0.15) is 0 Å². The zero-order valence-electron chi connectivity index (χ0n) is 10.7. The molecule has 1 saturated heterocycles. The zero-order valence-corrected chi connectivity index (χ0v) is 12.3. The minimum atomic E-state index is -0.581. The Morgan fingerprint density at radius 2 is 1.89 bits per heavy atom. The molecule has 0 aliphatic carbocycles. The molecule has 1 aliphatic rings.